The molecule has 1 saturated heterocycles. The number of nitrogens with two attached hydrogens (primary N) is 1. The topological polar surface area (TPSA) is 161 Å². The van der Waals surface area contributed by atoms with Gasteiger partial charge in [0.25, 0.3) is 0 Å². The lowest BCUT2D eigenvalue weighted by Crippen LogP contribution is -2.38. The number of fused-ring (bicyclic) bond motifs is 1. The van der Waals surface area contributed by atoms with Crippen LogP contribution in [0.1, 0.15) is 29.0 Å². The predicted molar refractivity (Wildman–Crippen MR) is 171 cm³/mol. The molecule has 0 radical (unpaired) electrons. The first kappa shape index (κ1) is 28.9. The molecule has 230 valence electrons. The minimum atomic E-state index is -1.15. The van der Waals surface area contributed by atoms with Crippen LogP contribution in [0.15, 0.2) is 85.3 Å². The van der Waals surface area contributed by atoms with E-state index in [1.165, 1.54) is 18.5 Å². The van der Waals surface area contributed by atoms with Crippen LogP contribution in [0, 0.1) is 5.82 Å². The van der Waals surface area contributed by atoms with Crippen molar-refractivity contribution in [2.24, 2.45) is 0 Å². The number of nitrogens with zero attached hydrogens (tertiary/aromatic N) is 8. The fourth-order valence-electron chi connectivity index (χ4n) is 5.65. The number of aromatic nitrogens is 7. The quantitative estimate of drug-likeness (QED) is 0.215. The van der Waals surface area contributed by atoms with Gasteiger partial charge in [0.15, 0.2) is 11.5 Å². The highest BCUT2D eigenvalue weighted by Gasteiger charge is 2.22. The van der Waals surface area contributed by atoms with Gasteiger partial charge in [-0.1, -0.05) is 12.1 Å². The molecular weight excluding hydrogens is 587 g/mol. The molecule has 6 heterocycles. The molecule has 1 aromatic carbocycles. The zero-order valence-corrected chi connectivity index (χ0v) is 24.6. The molecule has 0 bridgehead atoms. The number of anilines is 2. The molecule has 4 N–H and O–H groups in total. The van der Waals surface area contributed by atoms with Crippen molar-refractivity contribution in [2.75, 3.05) is 24.1 Å². The van der Waals surface area contributed by atoms with E-state index in [1.807, 2.05) is 41.0 Å². The van der Waals surface area contributed by atoms with Crippen molar-refractivity contribution in [3.8, 4) is 28.5 Å². The lowest BCUT2D eigenvalue weighted by atomic mass is 10.0. The number of hydrogen-bond donors (Lipinski definition) is 3. The van der Waals surface area contributed by atoms with E-state index in [-0.39, 0.29) is 11.9 Å². The van der Waals surface area contributed by atoms with Crippen molar-refractivity contribution in [1.29, 1.82) is 0 Å². The smallest absolute Gasteiger partial charge is 0.374 e. The molecule has 0 atom stereocenters. The van der Waals surface area contributed by atoms with Crippen LogP contribution in [0.5, 0.6) is 0 Å². The van der Waals surface area contributed by atoms with Crippen molar-refractivity contribution in [3.05, 3.63) is 103 Å². The number of benzene rings is 1. The summed E-state index contributed by atoms with van der Waals surface area (Å²) in [6, 6.07) is 20.5. The number of imidazole rings is 1. The summed E-state index contributed by atoms with van der Waals surface area (Å²) in [6.07, 6.45) is 6.07. The van der Waals surface area contributed by atoms with Gasteiger partial charge < -0.3 is 16.2 Å². The second kappa shape index (κ2) is 12.3. The summed E-state index contributed by atoms with van der Waals surface area (Å²) in [5.74, 6) is -0.284. The number of pyridine rings is 3. The van der Waals surface area contributed by atoms with Crippen LogP contribution in [-0.2, 0) is 6.54 Å². The number of nitrogen functional groups attached to an aromatic ring is 1. The van der Waals surface area contributed by atoms with Gasteiger partial charge in [-0.3, -0.25) is 14.5 Å². The van der Waals surface area contributed by atoms with Gasteiger partial charge >= 0.3 is 5.97 Å². The van der Waals surface area contributed by atoms with Gasteiger partial charge in [-0.2, -0.15) is 0 Å². The molecule has 0 spiro atoms. The number of halogens is 1. The van der Waals surface area contributed by atoms with Gasteiger partial charge in [-0.15, -0.1) is 0 Å². The van der Waals surface area contributed by atoms with E-state index in [2.05, 4.69) is 42.3 Å². The second-order valence-corrected chi connectivity index (χ2v) is 11.0. The van der Waals surface area contributed by atoms with E-state index >= 15 is 0 Å². The van der Waals surface area contributed by atoms with Crippen LogP contribution in [-0.4, -0.2) is 69.6 Å². The monoisotopic (exact) mass is 616 g/mol. The number of likely N-dealkylation sites (tertiary alicyclic amines) is 1. The normalized spacial score (nSPS) is 14.0. The Kier molecular flexibility index (Phi) is 7.72. The third-order valence-electron chi connectivity index (χ3n) is 7.96. The summed E-state index contributed by atoms with van der Waals surface area (Å²) in [7, 11) is 0. The van der Waals surface area contributed by atoms with Gasteiger partial charge in [0.05, 0.1) is 23.1 Å². The fourth-order valence-corrected chi connectivity index (χ4v) is 5.65. The number of aromatic carboxylic acids is 1. The molecule has 13 heteroatoms. The number of nitrogens with one attached hydrogen (secondary N) is 1. The Balaban J connectivity index is 1.12. The molecule has 1 aliphatic rings. The van der Waals surface area contributed by atoms with Crippen molar-refractivity contribution in [1.82, 2.24) is 39.4 Å². The van der Waals surface area contributed by atoms with Crippen LogP contribution >= 0.6 is 0 Å². The Bertz CT molecular complexity index is 2020. The molecule has 46 heavy (non-hydrogen) atoms. The van der Waals surface area contributed by atoms with Crippen LogP contribution in [0.2, 0.25) is 0 Å². The van der Waals surface area contributed by atoms with E-state index in [4.69, 9.17) is 20.8 Å². The first-order valence-corrected chi connectivity index (χ1v) is 14.8. The molecule has 0 amide bonds. The molecule has 0 aliphatic carbocycles. The molecule has 12 nitrogen and oxygen atoms in total. The van der Waals surface area contributed by atoms with Crippen LogP contribution in [0.25, 0.3) is 39.6 Å². The molecule has 1 aliphatic heterocycles. The molecule has 0 unspecified atom stereocenters. The van der Waals surface area contributed by atoms with E-state index in [0.29, 0.717) is 45.6 Å². The fraction of sp³-hybridized carbons (Fsp3) is 0.182. The van der Waals surface area contributed by atoms with Gasteiger partial charge in [-0.25, -0.2) is 34.1 Å². The van der Waals surface area contributed by atoms with Crippen LogP contribution < -0.4 is 11.1 Å². The Hall–Kier alpha value is -5.82. The van der Waals surface area contributed by atoms with E-state index in [1.54, 1.807) is 18.3 Å². The van der Waals surface area contributed by atoms with Gasteiger partial charge in [0, 0.05) is 43.8 Å². The number of piperidine rings is 1. The molecule has 5 aromatic heterocycles. The highest BCUT2D eigenvalue weighted by atomic mass is 19.1. The average molecular weight is 617 g/mol. The number of carboxylic acids is 1. The second-order valence-electron chi connectivity index (χ2n) is 11.0. The Labute approximate surface area is 262 Å². The summed E-state index contributed by atoms with van der Waals surface area (Å²) in [6.45, 7) is 2.56. The Morgan fingerprint density at radius 1 is 0.913 bits per heavy atom. The number of rotatable bonds is 8. The number of carboxylic acid groups (broad SMARTS) is 1. The largest absolute Gasteiger partial charge is 0.475 e. The van der Waals surface area contributed by atoms with Crippen molar-refractivity contribution in [3.63, 3.8) is 0 Å². The summed E-state index contributed by atoms with van der Waals surface area (Å²) >= 11 is 0. The van der Waals surface area contributed by atoms with Crippen molar-refractivity contribution >= 4 is 28.8 Å². The Morgan fingerprint density at radius 2 is 1.72 bits per heavy atom. The molecule has 6 aromatic rings. The lowest BCUT2D eigenvalue weighted by molar-refractivity contribution is 0.0683. The van der Waals surface area contributed by atoms with Crippen LogP contribution in [0.4, 0.5) is 16.0 Å². The minimum absolute atomic E-state index is 0.200. The van der Waals surface area contributed by atoms with E-state index < -0.39 is 11.8 Å². The third kappa shape index (κ3) is 5.95. The standard InChI is InChI=1S/C33H29FN10O2/c34-21-5-8-25(38-18-21)26-9-10-27-32(40-26)44(31(41-27)24-2-1-14-36-29(24)35)23-6-3-20(4-7-23)19-43-16-12-22(13-17-43)39-28-11-15-37-30(42-28)33(45)46/h1-11,14-15,18,22H,12-13,16-17,19H2,(H2,35,36)(H,45,46)(H,37,39,42). The maximum Gasteiger partial charge on any atom is 0.374 e. The van der Waals surface area contributed by atoms with Gasteiger partial charge in [0.1, 0.15) is 23.0 Å². The highest BCUT2D eigenvalue weighted by molar-refractivity contribution is 5.84. The Morgan fingerprint density at radius 3 is 2.46 bits per heavy atom. The van der Waals surface area contributed by atoms with Crippen molar-refractivity contribution < 1.29 is 14.3 Å². The summed E-state index contributed by atoms with van der Waals surface area (Å²) < 4.78 is 15.5. The first-order chi connectivity index (χ1) is 22.4. The average Bonchev–Trinajstić information content (AvgIpc) is 3.45. The summed E-state index contributed by atoms with van der Waals surface area (Å²) in [4.78, 5) is 39.7. The van der Waals surface area contributed by atoms with E-state index in [0.717, 1.165) is 43.7 Å². The SMILES string of the molecule is Nc1ncccc1-c1nc2ccc(-c3ccc(F)cn3)nc2n1-c1ccc(CN2CCC(Nc3ccnc(C(=O)O)n3)CC2)cc1. The van der Waals surface area contributed by atoms with Gasteiger partial charge in [0.2, 0.25) is 5.82 Å². The highest BCUT2D eigenvalue weighted by Crippen LogP contribution is 2.32. The minimum Gasteiger partial charge on any atom is -0.475 e. The zero-order valence-electron chi connectivity index (χ0n) is 24.6. The molecule has 1 fully saturated rings. The number of carbonyl (C=O) groups is 1. The van der Waals surface area contributed by atoms with Crippen molar-refractivity contribution in [2.45, 2.75) is 25.4 Å². The summed E-state index contributed by atoms with van der Waals surface area (Å²) in [5, 5.41) is 12.5. The van der Waals surface area contributed by atoms with Crippen LogP contribution in [0.3, 0.4) is 0 Å². The summed E-state index contributed by atoms with van der Waals surface area (Å²) in [5.41, 5.74) is 11.4. The third-order valence-corrected chi connectivity index (χ3v) is 7.96. The molecule has 7 rings (SSSR count). The molecule has 0 saturated carbocycles. The zero-order chi connectivity index (χ0) is 31.6. The number of hydrogen-bond acceptors (Lipinski definition) is 10. The van der Waals surface area contributed by atoms with E-state index in [9.17, 15) is 9.18 Å². The maximum atomic E-state index is 13.5. The predicted octanol–water partition coefficient (Wildman–Crippen LogP) is 4.83. The van der Waals surface area contributed by atoms with Gasteiger partial charge in [-0.05, 0) is 73.0 Å². The maximum absolute atomic E-state index is 13.5. The first-order valence-electron chi connectivity index (χ1n) is 14.8. The molecular formula is C33H29FN10O2. The lowest BCUT2D eigenvalue weighted by Gasteiger charge is -2.32.